The lowest BCUT2D eigenvalue weighted by Gasteiger charge is -2.20. The third kappa shape index (κ3) is 3.22. The molecule has 2 nitrogen and oxygen atoms in total. The molecule has 92 valence electrons. The second kappa shape index (κ2) is 5.87. The van der Waals surface area contributed by atoms with E-state index in [4.69, 9.17) is 0 Å². The summed E-state index contributed by atoms with van der Waals surface area (Å²) in [4.78, 5) is 4.56. The minimum Gasteiger partial charge on any atom is -0.332 e. The van der Waals surface area contributed by atoms with Crippen molar-refractivity contribution in [2.24, 2.45) is 4.99 Å². The van der Waals surface area contributed by atoms with Gasteiger partial charge in [-0.1, -0.05) is 24.8 Å². The smallest absolute Gasteiger partial charge is 0.161 e. The molecule has 1 unspecified atom stereocenters. The first kappa shape index (κ1) is 12.9. The van der Waals surface area contributed by atoms with Crippen molar-refractivity contribution in [1.29, 1.82) is 0 Å². The number of halogens is 2. The number of nitrogens with zero attached hydrogens (tertiary/aromatic N) is 1. The van der Waals surface area contributed by atoms with Crippen molar-refractivity contribution in [1.82, 2.24) is 0 Å². The van der Waals surface area contributed by atoms with Gasteiger partial charge in [0.1, 0.15) is 5.82 Å². The van der Waals surface area contributed by atoms with Gasteiger partial charge in [-0.3, -0.25) is 4.99 Å². The largest absolute Gasteiger partial charge is 0.332 e. The maximum atomic E-state index is 13.6. The number of hydrogen-bond acceptors (Lipinski definition) is 3. The molecule has 0 radical (unpaired) electrons. The molecule has 1 N–H and O–H groups in total. The molecule has 1 aromatic carbocycles. The van der Waals surface area contributed by atoms with E-state index in [1.807, 2.05) is 6.07 Å². The van der Waals surface area contributed by atoms with E-state index in [-0.39, 0.29) is 5.82 Å². The summed E-state index contributed by atoms with van der Waals surface area (Å²) in [6, 6.07) is 5.30. The Morgan fingerprint density at radius 3 is 3.12 bits per heavy atom. The molecule has 2 rings (SSSR count). The molecule has 1 aromatic rings. The van der Waals surface area contributed by atoms with Gasteiger partial charge in [0, 0.05) is 10.2 Å². The van der Waals surface area contributed by atoms with Gasteiger partial charge in [0.2, 0.25) is 0 Å². The number of nitrogens with one attached hydrogen (secondary N) is 1. The van der Waals surface area contributed by atoms with Crippen molar-refractivity contribution < 1.29 is 4.39 Å². The van der Waals surface area contributed by atoms with Crippen molar-refractivity contribution in [2.45, 2.75) is 25.8 Å². The van der Waals surface area contributed by atoms with E-state index in [2.05, 4.69) is 33.2 Å². The van der Waals surface area contributed by atoms with Gasteiger partial charge in [-0.05, 0) is 40.9 Å². The fourth-order valence-corrected chi connectivity index (χ4v) is 3.07. The van der Waals surface area contributed by atoms with Crippen LogP contribution in [0.5, 0.6) is 0 Å². The third-order valence-corrected chi connectivity index (χ3v) is 4.24. The lowest BCUT2D eigenvalue weighted by molar-refractivity contribution is 0.628. The van der Waals surface area contributed by atoms with E-state index in [9.17, 15) is 4.39 Å². The fourth-order valence-electron chi connectivity index (χ4n) is 1.65. The average molecular weight is 317 g/mol. The van der Waals surface area contributed by atoms with Gasteiger partial charge in [-0.15, -0.1) is 0 Å². The number of aliphatic imine (C=N–C) groups is 1. The van der Waals surface area contributed by atoms with Gasteiger partial charge < -0.3 is 5.32 Å². The highest BCUT2D eigenvalue weighted by Crippen LogP contribution is 2.28. The molecule has 17 heavy (non-hydrogen) atoms. The van der Waals surface area contributed by atoms with Gasteiger partial charge in [-0.25, -0.2) is 4.39 Å². The summed E-state index contributed by atoms with van der Waals surface area (Å²) in [5.41, 5.74) is 0.468. The Hall–Kier alpha value is -0.550. The maximum absolute atomic E-state index is 13.6. The second-order valence-electron chi connectivity index (χ2n) is 3.86. The first-order valence-corrected chi connectivity index (χ1v) is 7.40. The summed E-state index contributed by atoms with van der Waals surface area (Å²) in [5, 5.41) is 3.89. The topological polar surface area (TPSA) is 24.4 Å². The second-order valence-corrected chi connectivity index (χ2v) is 5.79. The van der Waals surface area contributed by atoms with Crippen LogP contribution in [-0.4, -0.2) is 17.0 Å². The fraction of sp³-hybridized carbons (Fsp3) is 0.417. The molecule has 0 saturated heterocycles. The Bertz CT molecular complexity index is 416. The summed E-state index contributed by atoms with van der Waals surface area (Å²) < 4.78 is 14.3. The standard InChI is InChI=1S/C12H14BrFN2S/c1-2-8-6-7-17-12(15-8)16-11-9(13)4-3-5-10(11)14/h3-5,8H,2,6-7H2,1H3,(H,15,16). The van der Waals surface area contributed by atoms with Crippen molar-refractivity contribution in [3.8, 4) is 0 Å². The van der Waals surface area contributed by atoms with Crippen LogP contribution in [0.4, 0.5) is 10.1 Å². The first-order chi connectivity index (χ1) is 8.20. The number of rotatable bonds is 2. The van der Waals surface area contributed by atoms with E-state index in [0.29, 0.717) is 11.7 Å². The molecule has 5 heteroatoms. The van der Waals surface area contributed by atoms with Crippen LogP contribution < -0.4 is 5.32 Å². The molecule has 1 atom stereocenters. The van der Waals surface area contributed by atoms with E-state index in [1.54, 1.807) is 17.8 Å². The van der Waals surface area contributed by atoms with Crippen LogP contribution in [0.2, 0.25) is 0 Å². The molecule has 0 fully saturated rings. The predicted octanol–water partition coefficient (Wildman–Crippen LogP) is 4.27. The number of para-hydroxylation sites is 1. The SMILES string of the molecule is CCC1CCSC(Nc2c(F)cccc2Br)=N1. The number of benzene rings is 1. The zero-order valence-corrected chi connectivity index (χ0v) is 11.9. The zero-order chi connectivity index (χ0) is 12.3. The van der Waals surface area contributed by atoms with Crippen molar-refractivity contribution in [2.75, 3.05) is 11.1 Å². The molecule has 1 heterocycles. The molecule has 0 spiro atoms. The van der Waals surface area contributed by atoms with Gasteiger partial charge in [0.15, 0.2) is 5.17 Å². The molecule has 0 bridgehead atoms. The molecular weight excluding hydrogens is 303 g/mol. The number of thioether (sulfide) groups is 1. The molecule has 0 amide bonds. The van der Waals surface area contributed by atoms with Gasteiger partial charge in [0.25, 0.3) is 0 Å². The van der Waals surface area contributed by atoms with E-state index >= 15 is 0 Å². The Kier molecular flexibility index (Phi) is 4.45. The van der Waals surface area contributed by atoms with Crippen molar-refractivity contribution in [3.05, 3.63) is 28.5 Å². The van der Waals surface area contributed by atoms with Gasteiger partial charge in [0.05, 0.1) is 11.7 Å². The Balaban J connectivity index is 2.18. The lowest BCUT2D eigenvalue weighted by Crippen LogP contribution is -2.20. The van der Waals surface area contributed by atoms with Gasteiger partial charge in [-0.2, -0.15) is 0 Å². The average Bonchev–Trinajstić information content (AvgIpc) is 2.34. The van der Waals surface area contributed by atoms with E-state index in [1.165, 1.54) is 6.07 Å². The Morgan fingerprint density at radius 2 is 2.41 bits per heavy atom. The van der Waals surface area contributed by atoms with Gasteiger partial charge >= 0.3 is 0 Å². The zero-order valence-electron chi connectivity index (χ0n) is 9.54. The summed E-state index contributed by atoms with van der Waals surface area (Å²) >= 11 is 4.99. The summed E-state index contributed by atoms with van der Waals surface area (Å²) in [6.07, 6.45) is 2.13. The van der Waals surface area contributed by atoms with Crippen LogP contribution in [0.15, 0.2) is 27.7 Å². The number of anilines is 1. The third-order valence-electron chi connectivity index (χ3n) is 2.66. The minimum atomic E-state index is -0.263. The molecule has 1 aliphatic rings. The monoisotopic (exact) mass is 316 g/mol. The van der Waals surface area contributed by atoms with Crippen molar-refractivity contribution >= 4 is 38.5 Å². The molecule has 1 aliphatic heterocycles. The van der Waals surface area contributed by atoms with Crippen molar-refractivity contribution in [3.63, 3.8) is 0 Å². The van der Waals surface area contributed by atoms with Crippen LogP contribution in [-0.2, 0) is 0 Å². The summed E-state index contributed by atoms with van der Waals surface area (Å²) in [7, 11) is 0. The summed E-state index contributed by atoms with van der Waals surface area (Å²) in [6.45, 7) is 2.13. The maximum Gasteiger partial charge on any atom is 0.161 e. The van der Waals surface area contributed by atoms with Crippen LogP contribution in [0.3, 0.4) is 0 Å². The normalized spacial score (nSPS) is 19.9. The van der Waals surface area contributed by atoms with E-state index < -0.39 is 0 Å². The highest BCUT2D eigenvalue weighted by Gasteiger charge is 2.16. The minimum absolute atomic E-state index is 0.263. The number of hydrogen-bond donors (Lipinski definition) is 1. The van der Waals surface area contributed by atoms with Crippen LogP contribution in [0.25, 0.3) is 0 Å². The summed E-state index contributed by atoms with van der Waals surface area (Å²) in [5.74, 6) is 0.775. The quantitative estimate of drug-likeness (QED) is 0.881. The van der Waals surface area contributed by atoms with Crippen LogP contribution >= 0.6 is 27.7 Å². The van der Waals surface area contributed by atoms with E-state index in [0.717, 1.165) is 28.2 Å². The molecule has 0 aliphatic carbocycles. The molecule has 0 saturated carbocycles. The Morgan fingerprint density at radius 1 is 1.59 bits per heavy atom. The first-order valence-electron chi connectivity index (χ1n) is 5.62. The lowest BCUT2D eigenvalue weighted by atomic mass is 10.2. The highest BCUT2D eigenvalue weighted by molar-refractivity contribution is 9.10. The number of amidine groups is 1. The Labute approximate surface area is 113 Å². The highest BCUT2D eigenvalue weighted by atomic mass is 79.9. The van der Waals surface area contributed by atoms with Crippen LogP contribution in [0, 0.1) is 5.82 Å². The predicted molar refractivity (Wildman–Crippen MR) is 76.3 cm³/mol. The molecule has 0 aromatic heterocycles. The van der Waals surface area contributed by atoms with Crippen LogP contribution in [0.1, 0.15) is 19.8 Å². The molecular formula is C12H14BrFN2S.